The first-order valence-corrected chi connectivity index (χ1v) is 7.81. The zero-order chi connectivity index (χ0) is 15.9. The molecular weight excluding hydrogens is 292 g/mol. The molecule has 0 aliphatic heterocycles. The molecule has 0 saturated carbocycles. The highest BCUT2D eigenvalue weighted by molar-refractivity contribution is 7.80. The third kappa shape index (κ3) is 4.46. The van der Waals surface area contributed by atoms with Crippen molar-refractivity contribution in [1.29, 1.82) is 0 Å². The van der Waals surface area contributed by atoms with Gasteiger partial charge in [0.25, 0.3) is 0 Å². The van der Waals surface area contributed by atoms with E-state index in [2.05, 4.69) is 48.7 Å². The Morgan fingerprint density at radius 2 is 1.91 bits per heavy atom. The number of methoxy groups -OCH3 is 1. The van der Waals surface area contributed by atoms with Gasteiger partial charge in [-0.15, -0.1) is 0 Å². The standard InChI is InChI=1S/C18H22N2OS/c1-4-17(14-8-10-16(21-3)11-9-14)20-18(22)19-15-7-5-6-13(2)12-15/h5-12,17H,4H2,1-3H3,(H2,19,20,22)/t17-/m0/s1. The first kappa shape index (κ1) is 16.3. The van der Waals surface area contributed by atoms with Crippen LogP contribution >= 0.6 is 12.2 Å². The highest BCUT2D eigenvalue weighted by Crippen LogP contribution is 2.20. The van der Waals surface area contributed by atoms with Gasteiger partial charge in [-0.1, -0.05) is 31.2 Å². The number of benzene rings is 2. The SMILES string of the molecule is CC[C@H](NC(=S)Nc1cccc(C)c1)c1ccc(OC)cc1. The van der Waals surface area contributed by atoms with E-state index >= 15 is 0 Å². The van der Waals surface area contributed by atoms with Crippen molar-refractivity contribution >= 4 is 23.0 Å². The van der Waals surface area contributed by atoms with E-state index in [0.717, 1.165) is 17.9 Å². The largest absolute Gasteiger partial charge is 0.497 e. The van der Waals surface area contributed by atoms with E-state index < -0.39 is 0 Å². The minimum Gasteiger partial charge on any atom is -0.497 e. The summed E-state index contributed by atoms with van der Waals surface area (Å²) in [5, 5.41) is 7.24. The summed E-state index contributed by atoms with van der Waals surface area (Å²) in [6.45, 7) is 4.20. The van der Waals surface area contributed by atoms with Gasteiger partial charge in [-0.05, 0) is 61.0 Å². The van der Waals surface area contributed by atoms with Gasteiger partial charge in [-0.2, -0.15) is 0 Å². The minimum absolute atomic E-state index is 0.177. The van der Waals surface area contributed by atoms with Gasteiger partial charge < -0.3 is 15.4 Å². The van der Waals surface area contributed by atoms with Crippen molar-refractivity contribution in [3.63, 3.8) is 0 Å². The average Bonchev–Trinajstić information content (AvgIpc) is 2.53. The lowest BCUT2D eigenvalue weighted by Gasteiger charge is -2.20. The van der Waals surface area contributed by atoms with Crippen LogP contribution in [0.25, 0.3) is 0 Å². The molecule has 3 nitrogen and oxygen atoms in total. The first-order valence-electron chi connectivity index (χ1n) is 7.40. The van der Waals surface area contributed by atoms with Gasteiger partial charge in [0.15, 0.2) is 5.11 Å². The van der Waals surface area contributed by atoms with E-state index in [-0.39, 0.29) is 6.04 Å². The van der Waals surface area contributed by atoms with Crippen molar-refractivity contribution in [2.24, 2.45) is 0 Å². The maximum absolute atomic E-state index is 5.42. The molecule has 0 fully saturated rings. The number of anilines is 1. The molecule has 1 atom stereocenters. The second-order valence-corrected chi connectivity index (χ2v) is 5.61. The van der Waals surface area contributed by atoms with E-state index in [9.17, 15) is 0 Å². The van der Waals surface area contributed by atoms with Crippen molar-refractivity contribution in [1.82, 2.24) is 5.32 Å². The van der Waals surface area contributed by atoms with Gasteiger partial charge in [0.05, 0.1) is 13.2 Å². The van der Waals surface area contributed by atoms with Gasteiger partial charge in [0.1, 0.15) is 5.75 Å². The maximum atomic E-state index is 5.42. The van der Waals surface area contributed by atoms with Crippen molar-refractivity contribution in [2.45, 2.75) is 26.3 Å². The highest BCUT2D eigenvalue weighted by Gasteiger charge is 2.10. The van der Waals surface area contributed by atoms with Crippen molar-refractivity contribution in [2.75, 3.05) is 12.4 Å². The molecule has 0 aliphatic carbocycles. The van der Waals surface area contributed by atoms with Crippen molar-refractivity contribution in [3.8, 4) is 5.75 Å². The Bertz CT molecular complexity index is 625. The molecule has 0 amide bonds. The van der Waals surface area contributed by atoms with Crippen LogP contribution < -0.4 is 15.4 Å². The normalized spacial score (nSPS) is 11.6. The van der Waals surface area contributed by atoms with Gasteiger partial charge >= 0.3 is 0 Å². The molecule has 0 unspecified atom stereocenters. The molecule has 0 heterocycles. The summed E-state index contributed by atoms with van der Waals surface area (Å²) >= 11 is 5.42. The quantitative estimate of drug-likeness (QED) is 0.799. The van der Waals surface area contributed by atoms with Gasteiger partial charge in [0, 0.05) is 5.69 Å². The Morgan fingerprint density at radius 1 is 1.18 bits per heavy atom. The van der Waals surface area contributed by atoms with Crippen LogP contribution in [-0.2, 0) is 0 Å². The van der Waals surface area contributed by atoms with Gasteiger partial charge in [-0.3, -0.25) is 0 Å². The summed E-state index contributed by atoms with van der Waals surface area (Å²) in [6, 6.07) is 16.4. The lowest BCUT2D eigenvalue weighted by molar-refractivity contribution is 0.414. The van der Waals surface area contributed by atoms with E-state index in [1.165, 1.54) is 11.1 Å². The fourth-order valence-corrected chi connectivity index (χ4v) is 2.57. The summed E-state index contributed by atoms with van der Waals surface area (Å²) in [6.07, 6.45) is 0.946. The Balaban J connectivity index is 2.01. The number of thiocarbonyl (C=S) groups is 1. The number of hydrogen-bond donors (Lipinski definition) is 2. The second-order valence-electron chi connectivity index (χ2n) is 5.20. The summed E-state index contributed by atoms with van der Waals surface area (Å²) in [7, 11) is 1.67. The van der Waals surface area contributed by atoms with Crippen LogP contribution in [0.4, 0.5) is 5.69 Å². The number of aryl methyl sites for hydroxylation is 1. The Labute approximate surface area is 137 Å². The number of hydrogen-bond acceptors (Lipinski definition) is 2. The second kappa shape index (κ2) is 7.80. The molecule has 2 aromatic rings. The molecule has 0 bridgehead atoms. The fourth-order valence-electron chi connectivity index (χ4n) is 2.31. The fraction of sp³-hybridized carbons (Fsp3) is 0.278. The van der Waals surface area contributed by atoms with Gasteiger partial charge in [0.2, 0.25) is 0 Å². The zero-order valence-corrected chi connectivity index (χ0v) is 14.0. The average molecular weight is 314 g/mol. The molecule has 2 rings (SSSR count). The lowest BCUT2D eigenvalue weighted by Crippen LogP contribution is -2.32. The van der Waals surface area contributed by atoms with E-state index in [4.69, 9.17) is 17.0 Å². The predicted octanol–water partition coefficient (Wildman–Crippen LogP) is 4.44. The van der Waals surface area contributed by atoms with Crippen molar-refractivity contribution < 1.29 is 4.74 Å². The molecule has 0 radical (unpaired) electrons. The summed E-state index contributed by atoms with van der Waals surface area (Å²) in [5.41, 5.74) is 3.40. The Kier molecular flexibility index (Phi) is 5.78. The topological polar surface area (TPSA) is 33.3 Å². The zero-order valence-electron chi connectivity index (χ0n) is 13.2. The van der Waals surface area contributed by atoms with E-state index in [1.54, 1.807) is 7.11 Å². The number of rotatable bonds is 5. The van der Waals surface area contributed by atoms with Crippen LogP contribution in [0.5, 0.6) is 5.75 Å². The Hall–Kier alpha value is -2.07. The molecule has 0 saturated heterocycles. The molecule has 2 N–H and O–H groups in total. The van der Waals surface area contributed by atoms with Crippen LogP contribution in [0, 0.1) is 6.92 Å². The molecule has 116 valence electrons. The first-order chi connectivity index (χ1) is 10.6. The molecule has 0 aliphatic rings. The molecule has 0 spiro atoms. The van der Waals surface area contributed by atoms with E-state index in [1.807, 2.05) is 24.3 Å². The third-order valence-corrected chi connectivity index (χ3v) is 3.73. The third-order valence-electron chi connectivity index (χ3n) is 3.51. The predicted molar refractivity (Wildman–Crippen MR) is 96.6 cm³/mol. The summed E-state index contributed by atoms with van der Waals surface area (Å²) in [4.78, 5) is 0. The summed E-state index contributed by atoms with van der Waals surface area (Å²) < 4.78 is 5.20. The highest BCUT2D eigenvalue weighted by atomic mass is 32.1. The molecular formula is C18H22N2OS. The summed E-state index contributed by atoms with van der Waals surface area (Å²) in [5.74, 6) is 0.860. The molecule has 4 heteroatoms. The monoisotopic (exact) mass is 314 g/mol. The number of nitrogens with one attached hydrogen (secondary N) is 2. The van der Waals surface area contributed by atoms with Crippen LogP contribution in [0.1, 0.15) is 30.5 Å². The lowest BCUT2D eigenvalue weighted by atomic mass is 10.0. The van der Waals surface area contributed by atoms with Crippen LogP contribution in [0.15, 0.2) is 48.5 Å². The maximum Gasteiger partial charge on any atom is 0.171 e. The molecule has 2 aromatic carbocycles. The molecule has 0 aromatic heterocycles. The smallest absolute Gasteiger partial charge is 0.171 e. The molecule has 22 heavy (non-hydrogen) atoms. The van der Waals surface area contributed by atoms with Crippen molar-refractivity contribution in [3.05, 3.63) is 59.7 Å². The van der Waals surface area contributed by atoms with Gasteiger partial charge in [-0.25, -0.2) is 0 Å². The number of ether oxygens (including phenoxy) is 1. The van der Waals surface area contributed by atoms with Crippen LogP contribution in [0.2, 0.25) is 0 Å². The Morgan fingerprint density at radius 3 is 2.50 bits per heavy atom. The minimum atomic E-state index is 0.177. The van der Waals surface area contributed by atoms with Crippen LogP contribution in [0.3, 0.4) is 0 Å². The van der Waals surface area contributed by atoms with E-state index in [0.29, 0.717) is 5.11 Å². The van der Waals surface area contributed by atoms with Crippen LogP contribution in [-0.4, -0.2) is 12.2 Å².